The number of nitrogens with one attached hydrogen (secondary N) is 1. The minimum atomic E-state index is -0.941. The molecule has 2 N–H and O–H groups in total. The van der Waals surface area contributed by atoms with Crippen LogP contribution in [-0.2, 0) is 0 Å². The van der Waals surface area contributed by atoms with E-state index in [2.05, 4.69) is 16.5 Å². The van der Waals surface area contributed by atoms with Gasteiger partial charge in [-0.15, -0.1) is 0 Å². The van der Waals surface area contributed by atoms with Crippen molar-refractivity contribution in [3.63, 3.8) is 0 Å². The van der Waals surface area contributed by atoms with E-state index in [4.69, 9.17) is 5.11 Å². The summed E-state index contributed by atoms with van der Waals surface area (Å²) in [5, 5.41) is 9.09. The molecule has 1 saturated heterocycles. The molecule has 0 saturated carbocycles. The molecule has 2 aromatic rings. The minimum absolute atomic E-state index is 0.0399. The van der Waals surface area contributed by atoms with Crippen molar-refractivity contribution in [1.82, 2.24) is 9.88 Å². The zero-order chi connectivity index (χ0) is 19.0. The monoisotopic (exact) mass is 365 g/mol. The van der Waals surface area contributed by atoms with Gasteiger partial charge in [-0.1, -0.05) is 6.58 Å². The van der Waals surface area contributed by atoms with Gasteiger partial charge in [0.1, 0.15) is 11.5 Å². The van der Waals surface area contributed by atoms with Gasteiger partial charge in [-0.2, -0.15) is 0 Å². The van der Waals surface area contributed by atoms with Crippen LogP contribution in [0.25, 0.3) is 5.57 Å². The fourth-order valence-electron chi connectivity index (χ4n) is 3.84. The Hall–Kier alpha value is -3.02. The Bertz CT molecular complexity index is 892. The Morgan fingerprint density at radius 3 is 2.41 bits per heavy atom. The number of aromatic carboxylic acids is 1. The fourth-order valence-corrected chi connectivity index (χ4v) is 3.84. The number of piperidine rings is 1. The SMILES string of the molecule is C=C1CCN(c2ccc(C(=O)O)cc2)c2[nH]c(C(=O)N3CCCCC3)cc21. The lowest BCUT2D eigenvalue weighted by Gasteiger charge is -2.30. The van der Waals surface area contributed by atoms with Crippen LogP contribution < -0.4 is 4.90 Å². The molecule has 0 unspecified atom stereocenters. The summed E-state index contributed by atoms with van der Waals surface area (Å²) in [7, 11) is 0. The van der Waals surface area contributed by atoms with Crippen molar-refractivity contribution in [3.8, 4) is 0 Å². The Balaban J connectivity index is 1.65. The number of carbonyl (C=O) groups excluding carboxylic acids is 1. The van der Waals surface area contributed by atoms with Crippen molar-refractivity contribution < 1.29 is 14.7 Å². The van der Waals surface area contributed by atoms with Gasteiger partial charge >= 0.3 is 5.97 Å². The number of likely N-dealkylation sites (tertiary alicyclic amines) is 1. The third kappa shape index (κ3) is 3.23. The van der Waals surface area contributed by atoms with Gasteiger partial charge in [-0.05, 0) is 61.6 Å². The number of hydrogen-bond donors (Lipinski definition) is 2. The van der Waals surface area contributed by atoms with Gasteiger partial charge in [0.05, 0.1) is 5.56 Å². The van der Waals surface area contributed by atoms with Gasteiger partial charge in [0.25, 0.3) is 5.91 Å². The Kier molecular flexibility index (Phi) is 4.48. The first-order valence-corrected chi connectivity index (χ1v) is 9.36. The number of carboxylic acid groups (broad SMARTS) is 1. The summed E-state index contributed by atoms with van der Waals surface area (Å²) in [4.78, 5) is 31.3. The number of rotatable bonds is 3. The molecule has 2 aliphatic heterocycles. The molecule has 1 fully saturated rings. The number of aromatic amines is 1. The number of amides is 1. The molecule has 140 valence electrons. The zero-order valence-corrected chi connectivity index (χ0v) is 15.2. The highest BCUT2D eigenvalue weighted by Crippen LogP contribution is 2.38. The number of benzene rings is 1. The predicted molar refractivity (Wildman–Crippen MR) is 105 cm³/mol. The maximum absolute atomic E-state index is 12.9. The Labute approximate surface area is 158 Å². The van der Waals surface area contributed by atoms with Crippen LogP contribution >= 0.6 is 0 Å². The second-order valence-electron chi connectivity index (χ2n) is 7.16. The Morgan fingerprint density at radius 2 is 1.74 bits per heavy atom. The molecule has 0 radical (unpaired) electrons. The largest absolute Gasteiger partial charge is 0.478 e. The van der Waals surface area contributed by atoms with E-state index >= 15 is 0 Å². The molecular formula is C21H23N3O3. The third-order valence-electron chi connectivity index (χ3n) is 5.38. The lowest BCUT2D eigenvalue weighted by Crippen LogP contribution is -2.35. The number of fused-ring (bicyclic) bond motifs is 1. The van der Waals surface area contributed by atoms with E-state index in [0.29, 0.717) is 5.69 Å². The van der Waals surface area contributed by atoms with Crippen molar-refractivity contribution in [2.75, 3.05) is 24.5 Å². The van der Waals surface area contributed by atoms with E-state index in [1.165, 1.54) is 6.42 Å². The molecular weight excluding hydrogens is 342 g/mol. The molecule has 0 spiro atoms. The van der Waals surface area contributed by atoms with Crippen LogP contribution in [0, 0.1) is 0 Å². The van der Waals surface area contributed by atoms with Crippen LogP contribution in [0.2, 0.25) is 0 Å². The summed E-state index contributed by atoms with van der Waals surface area (Å²) in [5.74, 6) is -0.0451. The minimum Gasteiger partial charge on any atom is -0.478 e. The molecule has 0 bridgehead atoms. The number of hydrogen-bond acceptors (Lipinski definition) is 3. The standard InChI is InChI=1S/C21H23N3O3/c1-14-9-12-24(16-7-5-15(6-8-16)21(26)27)19-17(14)13-18(22-19)20(25)23-10-3-2-4-11-23/h5-8,13,22H,1-4,9-12H2,(H,26,27). The van der Waals surface area contributed by atoms with Crippen molar-refractivity contribution >= 4 is 29.0 Å². The Morgan fingerprint density at radius 1 is 1.04 bits per heavy atom. The van der Waals surface area contributed by atoms with Crippen LogP contribution in [-0.4, -0.2) is 46.5 Å². The first-order valence-electron chi connectivity index (χ1n) is 9.36. The maximum Gasteiger partial charge on any atom is 0.335 e. The second-order valence-corrected chi connectivity index (χ2v) is 7.16. The van der Waals surface area contributed by atoms with Gasteiger partial charge in [0.2, 0.25) is 0 Å². The molecule has 6 heteroatoms. The summed E-state index contributed by atoms with van der Waals surface area (Å²) >= 11 is 0. The number of anilines is 2. The summed E-state index contributed by atoms with van der Waals surface area (Å²) in [6, 6.07) is 8.71. The molecule has 6 nitrogen and oxygen atoms in total. The first kappa shape index (κ1) is 17.4. The molecule has 27 heavy (non-hydrogen) atoms. The number of H-pyrrole nitrogens is 1. The topological polar surface area (TPSA) is 76.6 Å². The number of aromatic nitrogens is 1. The normalized spacial score (nSPS) is 17.0. The summed E-state index contributed by atoms with van der Waals surface area (Å²) in [5.41, 5.74) is 3.72. The average Bonchev–Trinajstić information content (AvgIpc) is 3.15. The molecule has 1 aromatic carbocycles. The lowest BCUT2D eigenvalue weighted by atomic mass is 10.0. The van der Waals surface area contributed by atoms with Crippen molar-refractivity contribution in [2.24, 2.45) is 0 Å². The van der Waals surface area contributed by atoms with Gasteiger partial charge in [0, 0.05) is 30.9 Å². The molecule has 1 amide bonds. The fraction of sp³-hybridized carbons (Fsp3) is 0.333. The molecule has 4 rings (SSSR count). The molecule has 3 heterocycles. The number of carboxylic acids is 1. The van der Waals surface area contributed by atoms with Crippen molar-refractivity contribution in [3.05, 3.63) is 53.7 Å². The number of nitrogens with zero attached hydrogens (tertiary/aromatic N) is 2. The lowest BCUT2D eigenvalue weighted by molar-refractivity contribution is 0.0694. The second kappa shape index (κ2) is 6.95. The highest BCUT2D eigenvalue weighted by atomic mass is 16.4. The van der Waals surface area contributed by atoms with E-state index in [1.54, 1.807) is 24.3 Å². The van der Waals surface area contributed by atoms with E-state index < -0.39 is 5.97 Å². The predicted octanol–water partition coefficient (Wildman–Crippen LogP) is 3.89. The summed E-state index contributed by atoms with van der Waals surface area (Å²) in [6.45, 7) is 6.51. The van der Waals surface area contributed by atoms with Crippen LogP contribution in [0.5, 0.6) is 0 Å². The summed E-state index contributed by atoms with van der Waals surface area (Å²) < 4.78 is 0. The first-order chi connectivity index (χ1) is 13.0. The van der Waals surface area contributed by atoms with Gasteiger partial charge in [-0.25, -0.2) is 4.79 Å². The molecule has 2 aliphatic rings. The van der Waals surface area contributed by atoms with Crippen molar-refractivity contribution in [2.45, 2.75) is 25.7 Å². The summed E-state index contributed by atoms with van der Waals surface area (Å²) in [6.07, 6.45) is 4.09. The molecule has 0 atom stereocenters. The zero-order valence-electron chi connectivity index (χ0n) is 15.2. The number of carbonyl (C=O) groups is 2. The average molecular weight is 365 g/mol. The molecule has 1 aromatic heterocycles. The molecule has 0 aliphatic carbocycles. The van der Waals surface area contributed by atoms with E-state index in [9.17, 15) is 9.59 Å². The van der Waals surface area contributed by atoms with Crippen LogP contribution in [0.3, 0.4) is 0 Å². The van der Waals surface area contributed by atoms with E-state index in [1.807, 2.05) is 11.0 Å². The van der Waals surface area contributed by atoms with Crippen molar-refractivity contribution in [1.29, 1.82) is 0 Å². The quantitative estimate of drug-likeness (QED) is 0.865. The van der Waals surface area contributed by atoms with E-state index in [0.717, 1.165) is 61.5 Å². The van der Waals surface area contributed by atoms with Gasteiger partial charge < -0.3 is 19.9 Å². The van der Waals surface area contributed by atoms with Crippen LogP contribution in [0.4, 0.5) is 11.5 Å². The van der Waals surface area contributed by atoms with Gasteiger partial charge in [-0.3, -0.25) is 4.79 Å². The smallest absolute Gasteiger partial charge is 0.335 e. The van der Waals surface area contributed by atoms with Gasteiger partial charge in [0.15, 0.2) is 0 Å². The third-order valence-corrected chi connectivity index (χ3v) is 5.38. The highest BCUT2D eigenvalue weighted by Gasteiger charge is 2.27. The van der Waals surface area contributed by atoms with E-state index in [-0.39, 0.29) is 11.5 Å². The maximum atomic E-state index is 12.9. The van der Waals surface area contributed by atoms with Crippen LogP contribution in [0.15, 0.2) is 36.9 Å². The van der Waals surface area contributed by atoms with Crippen LogP contribution in [0.1, 0.15) is 52.1 Å². The highest BCUT2D eigenvalue weighted by molar-refractivity contribution is 5.96.